The molecule has 1 aromatic heterocycles. The van der Waals surface area contributed by atoms with Gasteiger partial charge in [0.05, 0.1) is 30.7 Å². The predicted molar refractivity (Wildman–Crippen MR) is 112 cm³/mol. The van der Waals surface area contributed by atoms with Gasteiger partial charge in [0.2, 0.25) is 5.95 Å². The fourth-order valence-electron chi connectivity index (χ4n) is 3.99. The van der Waals surface area contributed by atoms with E-state index in [2.05, 4.69) is 9.97 Å². The van der Waals surface area contributed by atoms with Gasteiger partial charge in [-0.1, -0.05) is 0 Å². The minimum Gasteiger partial charge on any atom is -0.378 e. The van der Waals surface area contributed by atoms with Gasteiger partial charge in [-0.05, 0) is 14.1 Å². The van der Waals surface area contributed by atoms with Crippen molar-refractivity contribution in [1.82, 2.24) is 14.9 Å². The first-order chi connectivity index (χ1) is 14.8. The molecule has 4 rings (SSSR count). The Labute approximate surface area is 178 Å². The maximum atomic E-state index is 15.0. The van der Waals surface area contributed by atoms with Gasteiger partial charge in [-0.15, -0.1) is 0 Å². The highest BCUT2D eigenvalue weighted by atomic mass is 19.1. The van der Waals surface area contributed by atoms with Crippen molar-refractivity contribution in [2.75, 3.05) is 63.3 Å². The molecule has 0 radical (unpaired) electrons. The summed E-state index contributed by atoms with van der Waals surface area (Å²) in [5, 5.41) is 11.7. The molecular weight excluding hydrogens is 410 g/mol. The molecule has 0 amide bonds. The number of ether oxygens (including phenoxy) is 1. The van der Waals surface area contributed by atoms with Gasteiger partial charge < -0.3 is 19.4 Å². The molecule has 166 valence electrons. The molecule has 2 aliphatic heterocycles. The number of hydrogen-bond acceptors (Lipinski definition) is 8. The first-order valence-electron chi connectivity index (χ1n) is 10.0. The van der Waals surface area contributed by atoms with Crippen molar-refractivity contribution in [3.05, 3.63) is 40.5 Å². The molecule has 31 heavy (non-hydrogen) atoms. The zero-order chi connectivity index (χ0) is 22.1. The van der Waals surface area contributed by atoms with Crippen molar-refractivity contribution in [3.8, 4) is 11.1 Å². The molecule has 0 unspecified atom stereocenters. The molecule has 2 aromatic rings. The van der Waals surface area contributed by atoms with Crippen LogP contribution in [-0.2, 0) is 4.74 Å². The Kier molecular flexibility index (Phi) is 5.96. The standard InChI is InChI=1S/C20H24F2N6O3/c1-25(2)19-12-27(11-16(19)22)17-8-15(21)14(7-18(17)28(29)30)13-9-23-20(24-10-13)26-3-5-31-6-4-26/h7-10,16,19H,3-6,11-12H2,1-2H3/t16-,19-/m1/s1. The van der Waals surface area contributed by atoms with E-state index in [1.54, 1.807) is 19.0 Å². The summed E-state index contributed by atoms with van der Waals surface area (Å²) in [6.07, 6.45) is 1.73. The monoisotopic (exact) mass is 434 g/mol. The van der Waals surface area contributed by atoms with Gasteiger partial charge in [0.15, 0.2) is 0 Å². The summed E-state index contributed by atoms with van der Waals surface area (Å²) in [5.41, 5.74) is 0.161. The normalized spacial score (nSPS) is 21.7. The highest BCUT2D eigenvalue weighted by Gasteiger charge is 2.37. The maximum Gasteiger partial charge on any atom is 0.293 e. The van der Waals surface area contributed by atoms with E-state index in [-0.39, 0.29) is 30.0 Å². The van der Waals surface area contributed by atoms with E-state index in [0.717, 1.165) is 6.07 Å². The van der Waals surface area contributed by atoms with Crippen molar-refractivity contribution in [1.29, 1.82) is 0 Å². The molecule has 0 saturated carbocycles. The van der Waals surface area contributed by atoms with Crippen LogP contribution in [0.2, 0.25) is 0 Å². The summed E-state index contributed by atoms with van der Waals surface area (Å²) in [5.74, 6) is -0.147. The second-order valence-electron chi connectivity index (χ2n) is 7.90. The Bertz CT molecular complexity index is 953. The van der Waals surface area contributed by atoms with Crippen LogP contribution in [0.15, 0.2) is 24.5 Å². The molecule has 2 fully saturated rings. The van der Waals surface area contributed by atoms with Crippen LogP contribution in [0.1, 0.15) is 0 Å². The van der Waals surface area contributed by atoms with E-state index in [4.69, 9.17) is 4.74 Å². The lowest BCUT2D eigenvalue weighted by molar-refractivity contribution is -0.384. The average molecular weight is 434 g/mol. The molecule has 2 saturated heterocycles. The largest absolute Gasteiger partial charge is 0.378 e. The number of nitro groups is 1. The van der Waals surface area contributed by atoms with Crippen LogP contribution in [-0.4, -0.2) is 85.5 Å². The topological polar surface area (TPSA) is 87.9 Å². The molecular formula is C20H24F2N6O3. The van der Waals surface area contributed by atoms with Crippen LogP contribution in [0.5, 0.6) is 0 Å². The van der Waals surface area contributed by atoms with Crippen LogP contribution in [0.3, 0.4) is 0 Å². The van der Waals surface area contributed by atoms with Crippen molar-refractivity contribution in [2.24, 2.45) is 0 Å². The summed E-state index contributed by atoms with van der Waals surface area (Å²) >= 11 is 0. The molecule has 3 heterocycles. The molecule has 2 aliphatic rings. The predicted octanol–water partition coefficient (Wildman–Crippen LogP) is 2.12. The Morgan fingerprint density at radius 3 is 2.42 bits per heavy atom. The summed E-state index contributed by atoms with van der Waals surface area (Å²) in [7, 11) is 3.50. The van der Waals surface area contributed by atoms with Crippen molar-refractivity contribution in [2.45, 2.75) is 12.2 Å². The van der Waals surface area contributed by atoms with Gasteiger partial charge in [-0.2, -0.15) is 0 Å². The summed E-state index contributed by atoms with van der Waals surface area (Å²) in [6.45, 7) is 2.70. The maximum absolute atomic E-state index is 15.0. The van der Waals surface area contributed by atoms with Gasteiger partial charge in [-0.3, -0.25) is 10.1 Å². The van der Waals surface area contributed by atoms with E-state index >= 15 is 4.39 Å². The highest BCUT2D eigenvalue weighted by Crippen LogP contribution is 2.37. The summed E-state index contributed by atoms with van der Waals surface area (Å²) in [4.78, 5) is 25.0. The number of hydrogen-bond donors (Lipinski definition) is 0. The average Bonchev–Trinajstić information content (AvgIpc) is 3.16. The Hall–Kier alpha value is -2.92. The van der Waals surface area contributed by atoms with Crippen molar-refractivity contribution >= 4 is 17.3 Å². The number of anilines is 2. The number of nitro benzene ring substituents is 1. The lowest BCUT2D eigenvalue weighted by atomic mass is 10.1. The van der Waals surface area contributed by atoms with E-state index < -0.39 is 23.0 Å². The number of benzene rings is 1. The van der Waals surface area contributed by atoms with Gasteiger partial charge in [0.1, 0.15) is 17.7 Å². The van der Waals surface area contributed by atoms with Crippen LogP contribution in [0, 0.1) is 15.9 Å². The van der Waals surface area contributed by atoms with Gasteiger partial charge in [0.25, 0.3) is 5.69 Å². The Morgan fingerprint density at radius 2 is 1.84 bits per heavy atom. The number of rotatable bonds is 5. The molecule has 9 nitrogen and oxygen atoms in total. The highest BCUT2D eigenvalue weighted by molar-refractivity contribution is 5.74. The molecule has 0 N–H and O–H groups in total. The van der Waals surface area contributed by atoms with E-state index in [1.807, 2.05) is 4.90 Å². The number of likely N-dealkylation sites (N-methyl/N-ethyl adjacent to an activating group) is 1. The molecule has 1 aromatic carbocycles. The fourth-order valence-corrected chi connectivity index (χ4v) is 3.99. The van der Waals surface area contributed by atoms with Crippen LogP contribution >= 0.6 is 0 Å². The molecule has 0 spiro atoms. The number of halogens is 2. The quantitative estimate of drug-likeness (QED) is 0.522. The summed E-state index contributed by atoms with van der Waals surface area (Å²) in [6, 6.07) is 1.87. The third-order valence-corrected chi connectivity index (χ3v) is 5.73. The van der Waals surface area contributed by atoms with E-state index in [1.165, 1.54) is 23.4 Å². The molecule has 11 heteroatoms. The second-order valence-corrected chi connectivity index (χ2v) is 7.90. The molecule has 0 aliphatic carbocycles. The first kappa shape index (κ1) is 21.3. The minimum atomic E-state index is -1.18. The Morgan fingerprint density at radius 1 is 1.16 bits per heavy atom. The molecule has 2 atom stereocenters. The lowest BCUT2D eigenvalue weighted by Crippen LogP contribution is -2.37. The van der Waals surface area contributed by atoms with E-state index in [9.17, 15) is 14.5 Å². The smallest absolute Gasteiger partial charge is 0.293 e. The SMILES string of the molecule is CN(C)[C@@H]1CN(c2cc(F)c(-c3cnc(N4CCOCC4)nc3)cc2[N+](=O)[O-])C[C@H]1F. The van der Waals surface area contributed by atoms with Gasteiger partial charge in [0, 0.05) is 55.3 Å². The fraction of sp³-hybridized carbons (Fsp3) is 0.500. The lowest BCUT2D eigenvalue weighted by Gasteiger charge is -2.26. The minimum absolute atomic E-state index is 0.0279. The number of aromatic nitrogens is 2. The first-order valence-corrected chi connectivity index (χ1v) is 10.0. The third-order valence-electron chi connectivity index (χ3n) is 5.73. The summed E-state index contributed by atoms with van der Waals surface area (Å²) < 4.78 is 34.7. The van der Waals surface area contributed by atoms with Crippen molar-refractivity contribution < 1.29 is 18.4 Å². The zero-order valence-corrected chi connectivity index (χ0v) is 17.4. The number of alkyl halides is 1. The Balaban J connectivity index is 1.64. The zero-order valence-electron chi connectivity index (χ0n) is 17.4. The van der Waals surface area contributed by atoms with Gasteiger partial charge >= 0.3 is 0 Å². The van der Waals surface area contributed by atoms with E-state index in [0.29, 0.717) is 37.8 Å². The second kappa shape index (κ2) is 8.67. The molecule has 0 bridgehead atoms. The number of morpholine rings is 1. The van der Waals surface area contributed by atoms with Crippen molar-refractivity contribution in [3.63, 3.8) is 0 Å². The van der Waals surface area contributed by atoms with Gasteiger partial charge in [-0.25, -0.2) is 18.7 Å². The number of nitrogens with zero attached hydrogens (tertiary/aromatic N) is 6. The van der Waals surface area contributed by atoms with Crippen LogP contribution in [0.4, 0.5) is 26.1 Å². The van der Waals surface area contributed by atoms with Crippen LogP contribution < -0.4 is 9.80 Å². The third kappa shape index (κ3) is 4.28. The van der Waals surface area contributed by atoms with Crippen LogP contribution in [0.25, 0.3) is 11.1 Å².